The molecule has 3 rings (SSSR count). The Morgan fingerprint density at radius 1 is 1.20 bits per heavy atom. The average molecular weight is 346 g/mol. The van der Waals surface area contributed by atoms with Gasteiger partial charge in [0.15, 0.2) is 5.82 Å². The highest BCUT2D eigenvalue weighted by Gasteiger charge is 2.32. The van der Waals surface area contributed by atoms with Crippen molar-refractivity contribution in [2.75, 3.05) is 25.5 Å². The van der Waals surface area contributed by atoms with Crippen molar-refractivity contribution in [3.63, 3.8) is 0 Å². The Morgan fingerprint density at radius 3 is 2.52 bits per heavy atom. The molecule has 1 atom stereocenters. The minimum absolute atomic E-state index is 0.188. The maximum Gasteiger partial charge on any atom is 0.227 e. The van der Waals surface area contributed by atoms with Crippen molar-refractivity contribution < 1.29 is 13.6 Å². The maximum absolute atomic E-state index is 13.8. The number of carbonyl (C=O) groups is 1. The van der Waals surface area contributed by atoms with E-state index in [9.17, 15) is 13.6 Å². The average Bonchev–Trinajstić information content (AvgIpc) is 3.08. The Morgan fingerprint density at radius 2 is 1.92 bits per heavy atom. The molecule has 0 spiro atoms. The second-order valence-electron chi connectivity index (χ2n) is 6.33. The standard InChI is InChI=1S/C18H20F2N4O/c1-23(2)17-9-8-15(21-22-17)16-7-4-10-24(16)18(25)11-12-13(19)5-3-6-14(12)20/h3,5-6,8-9,16H,4,7,10-11H2,1-2H3. The third-order valence-corrected chi connectivity index (χ3v) is 4.43. The molecular formula is C18H20F2N4O. The van der Waals surface area contributed by atoms with Gasteiger partial charge in [0, 0.05) is 26.2 Å². The van der Waals surface area contributed by atoms with Crippen LogP contribution in [0.15, 0.2) is 30.3 Å². The van der Waals surface area contributed by atoms with E-state index in [4.69, 9.17) is 0 Å². The number of likely N-dealkylation sites (tertiary alicyclic amines) is 1. The normalized spacial score (nSPS) is 17.0. The van der Waals surface area contributed by atoms with Gasteiger partial charge >= 0.3 is 0 Å². The molecule has 1 fully saturated rings. The summed E-state index contributed by atoms with van der Waals surface area (Å²) in [5, 5.41) is 8.37. The number of halogens is 2. The molecule has 1 aliphatic heterocycles. The molecule has 0 bridgehead atoms. The topological polar surface area (TPSA) is 49.3 Å². The van der Waals surface area contributed by atoms with E-state index in [1.54, 1.807) is 4.90 Å². The summed E-state index contributed by atoms with van der Waals surface area (Å²) >= 11 is 0. The monoisotopic (exact) mass is 346 g/mol. The molecule has 1 amide bonds. The molecular weight excluding hydrogens is 326 g/mol. The molecule has 0 aliphatic carbocycles. The largest absolute Gasteiger partial charge is 0.361 e. The quantitative estimate of drug-likeness (QED) is 0.854. The van der Waals surface area contributed by atoms with E-state index in [1.807, 2.05) is 31.1 Å². The van der Waals surface area contributed by atoms with Gasteiger partial charge in [0.2, 0.25) is 5.91 Å². The Labute approximate surface area is 145 Å². The van der Waals surface area contributed by atoms with Crippen molar-refractivity contribution in [2.45, 2.75) is 25.3 Å². The number of amides is 1. The third kappa shape index (κ3) is 3.60. The van der Waals surface area contributed by atoms with Gasteiger partial charge in [0.1, 0.15) is 11.6 Å². The highest BCUT2D eigenvalue weighted by atomic mass is 19.1. The third-order valence-electron chi connectivity index (χ3n) is 4.43. The summed E-state index contributed by atoms with van der Waals surface area (Å²) in [7, 11) is 3.75. The maximum atomic E-state index is 13.8. The van der Waals surface area contributed by atoms with E-state index in [-0.39, 0.29) is 23.9 Å². The van der Waals surface area contributed by atoms with Crippen LogP contribution in [-0.4, -0.2) is 41.6 Å². The summed E-state index contributed by atoms with van der Waals surface area (Å²) in [6.07, 6.45) is 1.30. The van der Waals surface area contributed by atoms with Crippen LogP contribution in [0.2, 0.25) is 0 Å². The van der Waals surface area contributed by atoms with Crippen molar-refractivity contribution in [3.8, 4) is 0 Å². The molecule has 1 aromatic carbocycles. The number of nitrogens with zero attached hydrogens (tertiary/aromatic N) is 4. The van der Waals surface area contributed by atoms with Crippen LogP contribution in [0.25, 0.3) is 0 Å². The zero-order valence-corrected chi connectivity index (χ0v) is 14.2. The lowest BCUT2D eigenvalue weighted by atomic mass is 10.1. The Hall–Kier alpha value is -2.57. The van der Waals surface area contributed by atoms with Crippen LogP contribution in [0.3, 0.4) is 0 Å². The number of hydrogen-bond donors (Lipinski definition) is 0. The van der Waals surface area contributed by atoms with E-state index in [1.165, 1.54) is 18.2 Å². The number of carbonyl (C=O) groups excluding carboxylic acids is 1. The molecule has 7 heteroatoms. The minimum Gasteiger partial charge on any atom is -0.361 e. The lowest BCUT2D eigenvalue weighted by Gasteiger charge is -2.24. The first-order chi connectivity index (χ1) is 12.0. The molecule has 1 aliphatic rings. The van der Waals surface area contributed by atoms with E-state index in [2.05, 4.69) is 10.2 Å². The molecule has 132 valence electrons. The van der Waals surface area contributed by atoms with Crippen molar-refractivity contribution in [3.05, 3.63) is 53.2 Å². The molecule has 25 heavy (non-hydrogen) atoms. The number of anilines is 1. The fourth-order valence-electron chi connectivity index (χ4n) is 3.08. The predicted molar refractivity (Wildman–Crippen MR) is 90.1 cm³/mol. The van der Waals surface area contributed by atoms with Crippen LogP contribution in [0.1, 0.15) is 30.1 Å². The number of rotatable bonds is 4. The van der Waals surface area contributed by atoms with Crippen LogP contribution in [0.4, 0.5) is 14.6 Å². The summed E-state index contributed by atoms with van der Waals surface area (Å²) in [5.74, 6) is -0.962. The van der Waals surface area contributed by atoms with E-state index >= 15 is 0 Å². The van der Waals surface area contributed by atoms with Gasteiger partial charge in [0.05, 0.1) is 18.2 Å². The Balaban J connectivity index is 1.78. The smallest absolute Gasteiger partial charge is 0.227 e. The fourth-order valence-corrected chi connectivity index (χ4v) is 3.08. The predicted octanol–water partition coefficient (Wildman–Crippen LogP) is 2.73. The van der Waals surface area contributed by atoms with Crippen molar-refractivity contribution >= 4 is 11.7 Å². The van der Waals surface area contributed by atoms with Crippen molar-refractivity contribution in [1.29, 1.82) is 0 Å². The summed E-state index contributed by atoms with van der Waals surface area (Å²) in [4.78, 5) is 16.1. The van der Waals surface area contributed by atoms with Crippen LogP contribution in [0.5, 0.6) is 0 Å². The van der Waals surface area contributed by atoms with E-state index < -0.39 is 11.6 Å². The first-order valence-electron chi connectivity index (χ1n) is 8.20. The van der Waals surface area contributed by atoms with Gasteiger partial charge in [-0.05, 0) is 37.1 Å². The van der Waals surface area contributed by atoms with E-state index in [0.717, 1.165) is 18.7 Å². The van der Waals surface area contributed by atoms with Gasteiger partial charge in [0.25, 0.3) is 0 Å². The van der Waals surface area contributed by atoms with Crippen LogP contribution in [0, 0.1) is 11.6 Å². The second-order valence-corrected chi connectivity index (χ2v) is 6.33. The summed E-state index contributed by atoms with van der Waals surface area (Å²) in [6, 6.07) is 7.12. The van der Waals surface area contributed by atoms with Gasteiger partial charge in [-0.1, -0.05) is 6.07 Å². The van der Waals surface area contributed by atoms with E-state index in [0.29, 0.717) is 12.2 Å². The second kappa shape index (κ2) is 7.13. The SMILES string of the molecule is CN(C)c1ccc(C2CCCN2C(=O)Cc2c(F)cccc2F)nn1. The lowest BCUT2D eigenvalue weighted by molar-refractivity contribution is -0.131. The van der Waals surface area contributed by atoms with Gasteiger partial charge < -0.3 is 9.80 Å². The van der Waals surface area contributed by atoms with Crippen molar-refractivity contribution in [2.24, 2.45) is 0 Å². The highest BCUT2D eigenvalue weighted by molar-refractivity contribution is 5.79. The molecule has 1 unspecified atom stereocenters. The first-order valence-corrected chi connectivity index (χ1v) is 8.20. The van der Waals surface area contributed by atoms with Gasteiger partial charge in [-0.25, -0.2) is 8.78 Å². The number of benzene rings is 1. The summed E-state index contributed by atoms with van der Waals surface area (Å²) in [6.45, 7) is 0.552. The number of aromatic nitrogens is 2. The highest BCUT2D eigenvalue weighted by Crippen LogP contribution is 2.31. The zero-order chi connectivity index (χ0) is 18.0. The van der Waals surface area contributed by atoms with Gasteiger partial charge in [-0.2, -0.15) is 5.10 Å². The molecule has 2 aromatic rings. The number of hydrogen-bond acceptors (Lipinski definition) is 4. The fraction of sp³-hybridized carbons (Fsp3) is 0.389. The molecule has 1 aromatic heterocycles. The first kappa shape index (κ1) is 17.3. The van der Waals surface area contributed by atoms with Gasteiger partial charge in [-0.15, -0.1) is 5.10 Å². The lowest BCUT2D eigenvalue weighted by Crippen LogP contribution is -2.32. The summed E-state index contributed by atoms with van der Waals surface area (Å²) in [5.41, 5.74) is 0.512. The molecule has 0 saturated carbocycles. The van der Waals surface area contributed by atoms with Crippen LogP contribution < -0.4 is 4.90 Å². The molecule has 0 N–H and O–H groups in total. The van der Waals surface area contributed by atoms with Gasteiger partial charge in [-0.3, -0.25) is 4.79 Å². The molecule has 1 saturated heterocycles. The van der Waals surface area contributed by atoms with Crippen LogP contribution in [-0.2, 0) is 11.2 Å². The van der Waals surface area contributed by atoms with Crippen LogP contribution >= 0.6 is 0 Å². The molecule has 2 heterocycles. The Bertz CT molecular complexity index is 744. The van der Waals surface area contributed by atoms with Crippen molar-refractivity contribution in [1.82, 2.24) is 15.1 Å². The Kier molecular flexibility index (Phi) is 4.92. The summed E-state index contributed by atoms with van der Waals surface area (Å²) < 4.78 is 27.6. The molecule has 0 radical (unpaired) electrons. The minimum atomic E-state index is -0.695. The zero-order valence-electron chi connectivity index (χ0n) is 14.2. The molecule has 5 nitrogen and oxygen atoms in total.